The number of hydrogen-bond donors (Lipinski definition) is 3. The third-order valence-electron chi connectivity index (χ3n) is 5.83. The van der Waals surface area contributed by atoms with Crippen molar-refractivity contribution in [1.29, 1.82) is 0 Å². The Hall–Kier alpha value is -3.51. The van der Waals surface area contributed by atoms with Gasteiger partial charge in [0.1, 0.15) is 5.75 Å². The van der Waals surface area contributed by atoms with Gasteiger partial charge in [-0.1, -0.05) is 36.4 Å². The van der Waals surface area contributed by atoms with E-state index in [-0.39, 0.29) is 12.1 Å². The molecule has 0 unspecified atom stereocenters. The fourth-order valence-electron chi connectivity index (χ4n) is 4.10. The third-order valence-corrected chi connectivity index (χ3v) is 5.83. The summed E-state index contributed by atoms with van der Waals surface area (Å²) in [5.74, 6) is 1.47. The lowest BCUT2D eigenvalue weighted by Gasteiger charge is -2.28. The zero-order valence-electron chi connectivity index (χ0n) is 18.1. The Balaban J connectivity index is 1.67. The minimum absolute atomic E-state index is 0.187. The van der Waals surface area contributed by atoms with Crippen molar-refractivity contribution in [3.8, 4) is 28.4 Å². The number of rotatable bonds is 7. The highest BCUT2D eigenvalue weighted by atomic mass is 16.5. The van der Waals surface area contributed by atoms with Crippen molar-refractivity contribution in [2.24, 2.45) is 5.73 Å². The molecule has 1 amide bonds. The topological polar surface area (TPSA) is 93.8 Å². The quantitative estimate of drug-likeness (QED) is 0.490. The second-order valence-corrected chi connectivity index (χ2v) is 8.02. The lowest BCUT2D eigenvalue weighted by atomic mass is 9.92. The van der Waals surface area contributed by atoms with Crippen LogP contribution in [0.15, 0.2) is 66.7 Å². The summed E-state index contributed by atoms with van der Waals surface area (Å²) in [4.78, 5) is 12.0. The summed E-state index contributed by atoms with van der Waals surface area (Å²) in [5, 5.41) is 13.3. The van der Waals surface area contributed by atoms with Crippen molar-refractivity contribution < 1.29 is 19.4 Å². The summed E-state index contributed by atoms with van der Waals surface area (Å²) < 4.78 is 11.6. The number of nitrogens with two attached hydrogens (primary N) is 1. The number of carbonyl (C=O) groups is 1. The maximum atomic E-state index is 12.0. The van der Waals surface area contributed by atoms with E-state index in [1.54, 1.807) is 13.2 Å². The second kappa shape index (κ2) is 9.75. The molecule has 4 N–H and O–H groups in total. The first kappa shape index (κ1) is 21.7. The van der Waals surface area contributed by atoms with Gasteiger partial charge in [-0.15, -0.1) is 0 Å². The van der Waals surface area contributed by atoms with Crippen LogP contribution < -0.4 is 20.5 Å². The molecule has 3 aromatic rings. The average Bonchev–Trinajstić information content (AvgIpc) is 2.81. The van der Waals surface area contributed by atoms with Gasteiger partial charge in [-0.05, 0) is 61.6 Å². The number of para-hydroxylation sites is 3. The first-order valence-electron chi connectivity index (χ1n) is 10.8. The number of aliphatic hydroxyl groups excluding tert-OH is 1. The van der Waals surface area contributed by atoms with E-state index in [1.165, 1.54) is 0 Å². The number of carbonyl (C=O) groups excluding carboxylic acids is 1. The minimum atomic E-state index is -0.478. The Kier molecular flexibility index (Phi) is 6.61. The molecule has 32 heavy (non-hydrogen) atoms. The van der Waals surface area contributed by atoms with Crippen LogP contribution in [0.25, 0.3) is 11.1 Å². The minimum Gasteiger partial charge on any atom is -0.493 e. The molecule has 1 saturated carbocycles. The van der Waals surface area contributed by atoms with Crippen LogP contribution >= 0.6 is 0 Å². The van der Waals surface area contributed by atoms with Crippen molar-refractivity contribution in [2.45, 2.75) is 37.8 Å². The number of hydrogen-bond acceptors (Lipinski definition) is 5. The van der Waals surface area contributed by atoms with Crippen LogP contribution in [0.5, 0.6) is 17.2 Å². The lowest BCUT2D eigenvalue weighted by molar-refractivity contribution is 0.100. The van der Waals surface area contributed by atoms with Crippen LogP contribution in [-0.2, 0) is 0 Å². The summed E-state index contributed by atoms with van der Waals surface area (Å²) in [7, 11) is 1.61. The van der Waals surface area contributed by atoms with Gasteiger partial charge in [0, 0.05) is 17.3 Å². The molecule has 0 radical (unpaired) electrons. The molecule has 4 rings (SSSR count). The molecular formula is C26H28N2O4. The van der Waals surface area contributed by atoms with Crippen LogP contribution in [-0.4, -0.2) is 30.3 Å². The van der Waals surface area contributed by atoms with Crippen molar-refractivity contribution >= 4 is 11.6 Å². The first-order valence-corrected chi connectivity index (χ1v) is 10.8. The van der Waals surface area contributed by atoms with Crippen LogP contribution in [0.2, 0.25) is 0 Å². The van der Waals surface area contributed by atoms with Gasteiger partial charge in [0.15, 0.2) is 11.5 Å². The molecule has 1 aliphatic rings. The molecule has 1 fully saturated rings. The molecular weight excluding hydrogens is 404 g/mol. The molecule has 0 bridgehead atoms. The molecule has 0 heterocycles. The number of anilines is 1. The zero-order chi connectivity index (χ0) is 22.5. The van der Waals surface area contributed by atoms with Crippen molar-refractivity contribution in [2.75, 3.05) is 12.4 Å². The zero-order valence-corrected chi connectivity index (χ0v) is 18.1. The molecule has 0 aliphatic heterocycles. The monoisotopic (exact) mass is 432 g/mol. The summed E-state index contributed by atoms with van der Waals surface area (Å²) in [6.07, 6.45) is 2.94. The Morgan fingerprint density at radius 2 is 1.59 bits per heavy atom. The second-order valence-electron chi connectivity index (χ2n) is 8.02. The van der Waals surface area contributed by atoms with Crippen molar-refractivity contribution in [3.05, 3.63) is 72.3 Å². The Bertz CT molecular complexity index is 1090. The standard InChI is InChI=1S/C26H28N2O4/c1-31-24-8-4-5-9-25(24)32-23-7-3-2-6-20(23)17-10-15-21(26(27)30)22(16-17)28-18-11-13-19(29)14-12-18/h2-10,15-16,18-19,28-29H,11-14H2,1H3,(H2,27,30). The average molecular weight is 433 g/mol. The van der Waals surface area contributed by atoms with Gasteiger partial charge in [-0.2, -0.15) is 0 Å². The SMILES string of the molecule is COc1ccccc1Oc1ccccc1-c1ccc(C(N)=O)c(NC2CCC(O)CC2)c1. The maximum absolute atomic E-state index is 12.0. The number of ether oxygens (including phenoxy) is 2. The molecule has 0 atom stereocenters. The Morgan fingerprint density at radius 3 is 2.28 bits per heavy atom. The van der Waals surface area contributed by atoms with E-state index in [1.807, 2.05) is 60.7 Å². The fourth-order valence-corrected chi connectivity index (χ4v) is 4.10. The molecule has 6 nitrogen and oxygen atoms in total. The summed E-state index contributed by atoms with van der Waals surface area (Å²) in [5.41, 5.74) is 8.57. The molecule has 0 spiro atoms. The highest BCUT2D eigenvalue weighted by Crippen LogP contribution is 2.38. The highest BCUT2D eigenvalue weighted by Gasteiger charge is 2.21. The molecule has 1 aliphatic carbocycles. The molecule has 166 valence electrons. The summed E-state index contributed by atoms with van der Waals surface area (Å²) in [6.45, 7) is 0. The van der Waals surface area contributed by atoms with Gasteiger partial charge in [0.2, 0.25) is 0 Å². The van der Waals surface area contributed by atoms with E-state index < -0.39 is 5.91 Å². The van der Waals surface area contributed by atoms with Crippen LogP contribution in [0, 0.1) is 0 Å². The smallest absolute Gasteiger partial charge is 0.250 e. The Morgan fingerprint density at radius 1 is 0.938 bits per heavy atom. The highest BCUT2D eigenvalue weighted by molar-refractivity contribution is 5.99. The summed E-state index contributed by atoms with van der Waals surface area (Å²) >= 11 is 0. The number of nitrogens with one attached hydrogen (secondary N) is 1. The molecule has 3 aromatic carbocycles. The van der Waals surface area contributed by atoms with E-state index >= 15 is 0 Å². The normalized spacial score (nSPS) is 18.1. The van der Waals surface area contributed by atoms with Crippen LogP contribution in [0.1, 0.15) is 36.0 Å². The van der Waals surface area contributed by atoms with E-state index in [0.29, 0.717) is 28.5 Å². The van der Waals surface area contributed by atoms with Gasteiger partial charge < -0.3 is 25.6 Å². The van der Waals surface area contributed by atoms with Crippen LogP contribution in [0.3, 0.4) is 0 Å². The van der Waals surface area contributed by atoms with Crippen molar-refractivity contribution in [1.82, 2.24) is 0 Å². The lowest BCUT2D eigenvalue weighted by Crippen LogP contribution is -2.29. The maximum Gasteiger partial charge on any atom is 0.250 e. The Labute approximate surface area is 188 Å². The number of benzene rings is 3. The van der Waals surface area contributed by atoms with Crippen molar-refractivity contribution in [3.63, 3.8) is 0 Å². The predicted molar refractivity (Wildman–Crippen MR) is 125 cm³/mol. The van der Waals surface area contributed by atoms with E-state index in [9.17, 15) is 9.90 Å². The third kappa shape index (κ3) is 4.86. The number of aliphatic hydroxyl groups is 1. The molecule has 0 aromatic heterocycles. The van der Waals surface area contributed by atoms with E-state index in [2.05, 4.69) is 5.32 Å². The fraction of sp³-hybridized carbons (Fsp3) is 0.269. The van der Waals surface area contributed by atoms with E-state index in [4.69, 9.17) is 15.2 Å². The number of amides is 1. The predicted octanol–water partition coefficient (Wildman–Crippen LogP) is 4.97. The van der Waals surface area contributed by atoms with Gasteiger partial charge in [-0.3, -0.25) is 4.79 Å². The summed E-state index contributed by atoms with van der Waals surface area (Å²) in [6, 6.07) is 21.0. The van der Waals surface area contributed by atoms with Gasteiger partial charge in [-0.25, -0.2) is 0 Å². The van der Waals surface area contributed by atoms with Gasteiger partial charge in [0.25, 0.3) is 5.91 Å². The molecule has 6 heteroatoms. The first-order chi connectivity index (χ1) is 15.5. The van der Waals surface area contributed by atoms with Crippen LogP contribution in [0.4, 0.5) is 5.69 Å². The molecule has 0 saturated heterocycles. The number of primary amides is 1. The largest absolute Gasteiger partial charge is 0.493 e. The number of methoxy groups -OCH3 is 1. The van der Waals surface area contributed by atoms with Gasteiger partial charge >= 0.3 is 0 Å². The van der Waals surface area contributed by atoms with E-state index in [0.717, 1.165) is 36.8 Å². The van der Waals surface area contributed by atoms with Gasteiger partial charge in [0.05, 0.1) is 18.8 Å².